The molecule has 2 heterocycles. The monoisotopic (exact) mass is 569 g/mol. The number of alkyl halides is 3. The van der Waals surface area contributed by atoms with Crippen LogP contribution in [0.2, 0.25) is 0 Å². The van der Waals surface area contributed by atoms with Gasteiger partial charge in [-0.15, -0.1) is 0 Å². The van der Waals surface area contributed by atoms with Crippen molar-refractivity contribution < 1.29 is 27.9 Å². The molecular formula is C27H38F3N5O3S. The number of anilines is 1. The molecule has 1 unspecified atom stereocenters. The van der Waals surface area contributed by atoms with Gasteiger partial charge in [-0.3, -0.25) is 14.6 Å². The van der Waals surface area contributed by atoms with Gasteiger partial charge in [0.25, 0.3) is 11.8 Å². The second kappa shape index (κ2) is 12.3. The number of aliphatic hydroxyl groups is 1. The molecule has 1 aromatic heterocycles. The van der Waals surface area contributed by atoms with Crippen LogP contribution in [0.3, 0.4) is 0 Å². The first-order valence-electron chi connectivity index (χ1n) is 13.4. The van der Waals surface area contributed by atoms with E-state index < -0.39 is 40.8 Å². The van der Waals surface area contributed by atoms with E-state index in [1.165, 1.54) is 20.8 Å². The third-order valence-corrected chi connectivity index (χ3v) is 7.53. The number of carbonyl (C=O) groups is 2. The van der Waals surface area contributed by atoms with Crippen LogP contribution >= 0.6 is 12.2 Å². The summed E-state index contributed by atoms with van der Waals surface area (Å²) in [5, 5.41) is 15.5. The fourth-order valence-electron chi connectivity index (χ4n) is 4.67. The zero-order chi connectivity index (χ0) is 29.1. The summed E-state index contributed by atoms with van der Waals surface area (Å²) in [6, 6.07) is -0.705. The van der Waals surface area contributed by atoms with Crippen molar-refractivity contribution >= 4 is 40.4 Å². The minimum Gasteiger partial charge on any atom is -0.389 e. The highest BCUT2D eigenvalue weighted by atomic mass is 32.1. The number of nitrogens with zero attached hydrogens (tertiary/aromatic N) is 3. The zero-order valence-electron chi connectivity index (χ0n) is 23.1. The lowest BCUT2D eigenvalue weighted by molar-refractivity contribution is -0.138. The summed E-state index contributed by atoms with van der Waals surface area (Å²) >= 11 is 5.50. The Morgan fingerprint density at radius 3 is 2.46 bits per heavy atom. The SMILES string of the molecule is CC[C@@H](Nc1cc(C(F)(F)F)c(C(=S)C(/N=C(\C)C(=O)NCC(C)(C)O)C(=O)N2CCC[C@@H]2C)cn1)C1CC1. The van der Waals surface area contributed by atoms with E-state index >= 15 is 0 Å². The molecular weight excluding hydrogens is 531 g/mol. The second-order valence-electron chi connectivity index (χ2n) is 11.1. The van der Waals surface area contributed by atoms with E-state index in [1.807, 2.05) is 13.8 Å². The van der Waals surface area contributed by atoms with Crippen molar-refractivity contribution in [2.45, 2.75) is 96.6 Å². The molecule has 3 rings (SSSR count). The minimum absolute atomic E-state index is 0.0250. The fourth-order valence-corrected chi connectivity index (χ4v) is 4.99. The third kappa shape index (κ3) is 8.20. The molecule has 0 bridgehead atoms. The van der Waals surface area contributed by atoms with Gasteiger partial charge in [0.15, 0.2) is 6.04 Å². The Bertz CT molecular complexity index is 1110. The van der Waals surface area contributed by atoms with E-state index in [1.54, 1.807) is 4.90 Å². The van der Waals surface area contributed by atoms with Crippen molar-refractivity contribution in [2.75, 3.05) is 18.4 Å². The van der Waals surface area contributed by atoms with Crippen LogP contribution < -0.4 is 10.6 Å². The number of carbonyl (C=O) groups excluding carboxylic acids is 2. The lowest BCUT2D eigenvalue weighted by Gasteiger charge is -2.27. The molecule has 8 nitrogen and oxygen atoms in total. The van der Waals surface area contributed by atoms with Gasteiger partial charge in [-0.1, -0.05) is 19.1 Å². The van der Waals surface area contributed by atoms with Crippen molar-refractivity contribution in [2.24, 2.45) is 10.9 Å². The van der Waals surface area contributed by atoms with Gasteiger partial charge in [0, 0.05) is 36.9 Å². The molecule has 2 fully saturated rings. The van der Waals surface area contributed by atoms with Gasteiger partial charge < -0.3 is 20.6 Å². The van der Waals surface area contributed by atoms with E-state index in [2.05, 4.69) is 20.6 Å². The maximum absolute atomic E-state index is 14.3. The summed E-state index contributed by atoms with van der Waals surface area (Å²) in [6.07, 6.45) is 0.573. The molecule has 2 amide bonds. The summed E-state index contributed by atoms with van der Waals surface area (Å²) in [5.41, 5.74) is -2.75. The molecule has 1 saturated carbocycles. The first-order chi connectivity index (χ1) is 18.1. The van der Waals surface area contributed by atoms with E-state index in [0.717, 1.165) is 44.4 Å². The number of aromatic nitrogens is 1. The first kappa shape index (κ1) is 30.9. The van der Waals surface area contributed by atoms with Crippen molar-refractivity contribution in [1.29, 1.82) is 0 Å². The molecule has 1 aliphatic carbocycles. The quantitative estimate of drug-likeness (QED) is 0.210. The summed E-state index contributed by atoms with van der Waals surface area (Å²) in [4.78, 5) is 35.9. The molecule has 1 aliphatic heterocycles. The standard InChI is InChI=1S/C27H38F3N5O3S/c1-6-20(17-9-10-17)34-21-12-19(27(28,29)30)18(13-31-21)23(39)22(25(37)35-11-7-8-15(35)2)33-16(3)24(36)32-14-26(4,5)38/h12-13,15,17,20,22,38H,6-11,14H2,1-5H3,(H,31,34)(H,32,36)/b33-16+/t15-,20+,22?/m0/s1. The third-order valence-electron chi connectivity index (χ3n) is 7.09. The van der Waals surface area contributed by atoms with Crippen LogP contribution in [-0.4, -0.2) is 74.2 Å². The van der Waals surface area contributed by atoms with Gasteiger partial charge in [0.1, 0.15) is 5.82 Å². The van der Waals surface area contributed by atoms with Crippen LogP contribution in [0.25, 0.3) is 0 Å². The number of thiocarbonyl (C=S) groups is 1. The lowest BCUT2D eigenvalue weighted by atomic mass is 10.00. The average Bonchev–Trinajstić information content (AvgIpc) is 3.61. The fraction of sp³-hybridized carbons (Fsp3) is 0.667. The lowest BCUT2D eigenvalue weighted by Crippen LogP contribution is -2.45. The Morgan fingerprint density at radius 1 is 1.28 bits per heavy atom. The van der Waals surface area contributed by atoms with E-state index in [0.29, 0.717) is 12.5 Å². The van der Waals surface area contributed by atoms with Gasteiger partial charge in [0.05, 0.1) is 21.7 Å². The highest BCUT2D eigenvalue weighted by Crippen LogP contribution is 2.37. The molecule has 39 heavy (non-hydrogen) atoms. The van der Waals surface area contributed by atoms with Gasteiger partial charge in [-0.25, -0.2) is 4.98 Å². The smallest absolute Gasteiger partial charge is 0.389 e. The molecule has 12 heteroatoms. The van der Waals surface area contributed by atoms with Gasteiger partial charge >= 0.3 is 6.18 Å². The summed E-state index contributed by atoms with van der Waals surface area (Å²) in [7, 11) is 0. The number of rotatable bonds is 11. The summed E-state index contributed by atoms with van der Waals surface area (Å²) in [6.45, 7) is 8.53. The van der Waals surface area contributed by atoms with Crippen LogP contribution in [0.4, 0.5) is 19.0 Å². The number of hydrogen-bond acceptors (Lipinski definition) is 7. The van der Waals surface area contributed by atoms with Crippen LogP contribution in [-0.2, 0) is 15.8 Å². The van der Waals surface area contributed by atoms with E-state index in [4.69, 9.17) is 12.2 Å². The van der Waals surface area contributed by atoms with Crippen LogP contribution in [0.5, 0.6) is 0 Å². The summed E-state index contributed by atoms with van der Waals surface area (Å²) < 4.78 is 42.8. The Balaban J connectivity index is 1.99. The number of hydrogen-bond donors (Lipinski definition) is 3. The van der Waals surface area contributed by atoms with Crippen LogP contribution in [0.15, 0.2) is 17.3 Å². The highest BCUT2D eigenvalue weighted by molar-refractivity contribution is 7.81. The number of pyridine rings is 1. The second-order valence-corrected chi connectivity index (χ2v) is 11.5. The van der Waals surface area contributed by atoms with Gasteiger partial charge in [-0.2, -0.15) is 13.2 Å². The number of nitrogens with one attached hydrogen (secondary N) is 2. The first-order valence-corrected chi connectivity index (χ1v) is 13.8. The maximum atomic E-state index is 14.3. The Morgan fingerprint density at radius 2 is 1.95 bits per heavy atom. The van der Waals surface area contributed by atoms with Crippen molar-refractivity contribution in [3.8, 4) is 0 Å². The topological polar surface area (TPSA) is 107 Å². The number of likely N-dealkylation sites (tertiary alicyclic amines) is 1. The predicted molar refractivity (Wildman–Crippen MR) is 148 cm³/mol. The van der Waals surface area contributed by atoms with Crippen molar-refractivity contribution in [3.63, 3.8) is 0 Å². The molecule has 0 spiro atoms. The molecule has 2 aliphatic rings. The molecule has 216 valence electrons. The van der Waals surface area contributed by atoms with Crippen molar-refractivity contribution in [3.05, 3.63) is 23.4 Å². The molecule has 0 aromatic carbocycles. The van der Waals surface area contributed by atoms with Crippen LogP contribution in [0.1, 0.15) is 77.8 Å². The van der Waals surface area contributed by atoms with E-state index in [-0.39, 0.29) is 35.0 Å². The van der Waals surface area contributed by atoms with E-state index in [9.17, 15) is 27.9 Å². The molecule has 1 aromatic rings. The molecule has 3 atom stereocenters. The van der Waals surface area contributed by atoms with Gasteiger partial charge in [0.2, 0.25) is 0 Å². The normalized spacial score (nSPS) is 20.0. The van der Waals surface area contributed by atoms with Crippen molar-refractivity contribution in [1.82, 2.24) is 15.2 Å². The highest BCUT2D eigenvalue weighted by Gasteiger charge is 2.40. The minimum atomic E-state index is -4.77. The van der Waals surface area contributed by atoms with Gasteiger partial charge in [-0.05, 0) is 71.8 Å². The molecule has 1 saturated heterocycles. The largest absolute Gasteiger partial charge is 0.417 e. The van der Waals surface area contributed by atoms with Crippen LogP contribution in [0, 0.1) is 5.92 Å². The summed E-state index contributed by atoms with van der Waals surface area (Å²) in [5.74, 6) is -0.716. The average molecular weight is 570 g/mol. The number of halogens is 3. The maximum Gasteiger partial charge on any atom is 0.417 e. The molecule has 3 N–H and O–H groups in total. The Hall–Kier alpha value is -2.60. The number of aliphatic imine (C=N–C) groups is 1. The Kier molecular flexibility index (Phi) is 9.74. The predicted octanol–water partition coefficient (Wildman–Crippen LogP) is 4.15. The molecule has 0 radical (unpaired) electrons. The zero-order valence-corrected chi connectivity index (χ0v) is 23.9. The number of amides is 2. The Labute approximate surface area is 232 Å².